The molecular weight excluding hydrogens is 252 g/mol. The minimum absolute atomic E-state index is 0.332. The number of aliphatic hydroxyl groups excluding tert-OH is 1. The second kappa shape index (κ2) is 6.68. The molecule has 0 amide bonds. The molecule has 0 saturated carbocycles. The van der Waals surface area contributed by atoms with Crippen molar-refractivity contribution in [2.24, 2.45) is 0 Å². The van der Waals surface area contributed by atoms with E-state index in [9.17, 15) is 22.7 Å². The molecule has 0 bridgehead atoms. The van der Waals surface area contributed by atoms with Gasteiger partial charge in [0.05, 0.1) is 12.6 Å². The molecule has 0 spiro atoms. The molecule has 1 aliphatic rings. The number of nitrogens with zero attached hydrogens (tertiary/aromatic N) is 2. The van der Waals surface area contributed by atoms with Crippen molar-refractivity contribution in [3.63, 3.8) is 0 Å². The predicted octanol–water partition coefficient (Wildman–Crippen LogP) is 1.28. The van der Waals surface area contributed by atoms with Crippen molar-refractivity contribution in [2.75, 3.05) is 39.3 Å². The van der Waals surface area contributed by atoms with Crippen LogP contribution in [0.1, 0.15) is 13.3 Å². The van der Waals surface area contributed by atoms with E-state index in [-0.39, 0.29) is 0 Å². The standard InChI is InChI=1S/C11H20F4N2O/c1-2-9(18)7-16-3-5-17(6-4-16)8-11(14,15)10(12)13/h9-10,18H,2-8H2,1H3. The molecule has 0 aromatic heterocycles. The Hall–Kier alpha value is -0.400. The molecule has 3 nitrogen and oxygen atoms in total. The Labute approximate surface area is 104 Å². The van der Waals surface area contributed by atoms with E-state index in [1.54, 1.807) is 0 Å². The summed E-state index contributed by atoms with van der Waals surface area (Å²) in [5.74, 6) is -3.94. The highest BCUT2D eigenvalue weighted by atomic mass is 19.3. The van der Waals surface area contributed by atoms with Crippen LogP contribution in [0.4, 0.5) is 17.6 Å². The molecule has 1 fully saturated rings. The number of alkyl halides is 4. The molecular formula is C11H20F4N2O. The first-order valence-corrected chi connectivity index (χ1v) is 6.14. The van der Waals surface area contributed by atoms with Crippen LogP contribution in [-0.4, -0.2) is 72.6 Å². The maximum atomic E-state index is 12.8. The summed E-state index contributed by atoms with van der Waals surface area (Å²) >= 11 is 0. The molecule has 1 N–H and O–H groups in total. The molecule has 7 heteroatoms. The lowest BCUT2D eigenvalue weighted by Gasteiger charge is -2.36. The minimum Gasteiger partial charge on any atom is -0.392 e. The number of piperazine rings is 1. The Balaban J connectivity index is 2.31. The van der Waals surface area contributed by atoms with Gasteiger partial charge >= 0.3 is 12.3 Å². The summed E-state index contributed by atoms with van der Waals surface area (Å²) in [5.41, 5.74) is 0. The number of rotatable bonds is 6. The highest BCUT2D eigenvalue weighted by Crippen LogP contribution is 2.24. The number of hydrogen-bond acceptors (Lipinski definition) is 3. The average Bonchev–Trinajstić information content (AvgIpc) is 2.31. The molecule has 0 aromatic rings. The molecule has 108 valence electrons. The van der Waals surface area contributed by atoms with E-state index in [1.165, 1.54) is 4.90 Å². The summed E-state index contributed by atoms with van der Waals surface area (Å²) in [6.45, 7) is 3.19. The Bertz CT molecular complexity index is 245. The second-order valence-electron chi connectivity index (χ2n) is 4.70. The quantitative estimate of drug-likeness (QED) is 0.738. The Morgan fingerprint density at radius 1 is 1.11 bits per heavy atom. The molecule has 1 saturated heterocycles. The van der Waals surface area contributed by atoms with Gasteiger partial charge < -0.3 is 5.11 Å². The van der Waals surface area contributed by atoms with Crippen LogP contribution in [0.2, 0.25) is 0 Å². The third-order valence-electron chi connectivity index (χ3n) is 3.16. The van der Waals surface area contributed by atoms with E-state index in [0.29, 0.717) is 39.1 Å². The third kappa shape index (κ3) is 4.70. The Morgan fingerprint density at radius 2 is 1.61 bits per heavy atom. The SMILES string of the molecule is CCC(O)CN1CCN(CC(F)(F)C(F)F)CC1. The molecule has 18 heavy (non-hydrogen) atoms. The number of hydrogen-bond donors (Lipinski definition) is 1. The van der Waals surface area contributed by atoms with Crippen LogP contribution in [0.3, 0.4) is 0 Å². The summed E-state index contributed by atoms with van der Waals surface area (Å²) in [4.78, 5) is 3.31. The second-order valence-corrected chi connectivity index (χ2v) is 4.70. The molecule has 0 aliphatic carbocycles. The van der Waals surface area contributed by atoms with Crippen LogP contribution < -0.4 is 0 Å². The molecule has 1 aliphatic heterocycles. The van der Waals surface area contributed by atoms with Gasteiger partial charge in [0.15, 0.2) is 0 Å². The third-order valence-corrected chi connectivity index (χ3v) is 3.16. The fourth-order valence-electron chi connectivity index (χ4n) is 1.92. The smallest absolute Gasteiger partial charge is 0.319 e. The van der Waals surface area contributed by atoms with E-state index in [2.05, 4.69) is 0 Å². The van der Waals surface area contributed by atoms with Crippen molar-refractivity contribution in [2.45, 2.75) is 31.8 Å². The number of aliphatic hydroxyl groups is 1. The lowest BCUT2D eigenvalue weighted by molar-refractivity contribution is -0.145. The van der Waals surface area contributed by atoms with Crippen LogP contribution >= 0.6 is 0 Å². The van der Waals surface area contributed by atoms with Gasteiger partial charge in [-0.05, 0) is 6.42 Å². The lowest BCUT2D eigenvalue weighted by Crippen LogP contribution is -2.52. The maximum Gasteiger partial charge on any atom is 0.319 e. The molecule has 0 radical (unpaired) electrons. The summed E-state index contributed by atoms with van der Waals surface area (Å²) in [5, 5.41) is 9.46. The first-order chi connectivity index (χ1) is 8.35. The van der Waals surface area contributed by atoms with Crippen LogP contribution in [0.5, 0.6) is 0 Å². The summed E-state index contributed by atoms with van der Waals surface area (Å²) < 4.78 is 49.8. The number of halogens is 4. The van der Waals surface area contributed by atoms with Crippen molar-refractivity contribution < 1.29 is 22.7 Å². The van der Waals surface area contributed by atoms with Gasteiger partial charge in [-0.3, -0.25) is 9.80 Å². The van der Waals surface area contributed by atoms with Gasteiger partial charge in [-0.15, -0.1) is 0 Å². The van der Waals surface area contributed by atoms with Gasteiger partial charge in [0, 0.05) is 32.7 Å². The lowest BCUT2D eigenvalue weighted by atomic mass is 10.2. The molecule has 0 aromatic carbocycles. The van der Waals surface area contributed by atoms with E-state index in [0.717, 1.165) is 0 Å². The maximum absolute atomic E-state index is 12.8. The first kappa shape index (κ1) is 15.7. The van der Waals surface area contributed by atoms with E-state index in [1.807, 2.05) is 11.8 Å². The largest absolute Gasteiger partial charge is 0.392 e. The highest BCUT2D eigenvalue weighted by Gasteiger charge is 2.42. The first-order valence-electron chi connectivity index (χ1n) is 6.14. The molecule has 1 unspecified atom stereocenters. The summed E-state index contributed by atoms with van der Waals surface area (Å²) in [6, 6.07) is 0. The van der Waals surface area contributed by atoms with E-state index in [4.69, 9.17) is 0 Å². The predicted molar refractivity (Wildman–Crippen MR) is 60.1 cm³/mol. The zero-order chi connectivity index (χ0) is 13.8. The minimum atomic E-state index is -3.94. The Kier molecular flexibility index (Phi) is 5.81. The molecule has 1 rings (SSSR count). The average molecular weight is 272 g/mol. The fourth-order valence-corrected chi connectivity index (χ4v) is 1.92. The normalized spacial score (nSPS) is 21.5. The van der Waals surface area contributed by atoms with Gasteiger partial charge in [0.2, 0.25) is 0 Å². The summed E-state index contributed by atoms with van der Waals surface area (Å²) in [7, 11) is 0. The van der Waals surface area contributed by atoms with Crippen LogP contribution in [0, 0.1) is 0 Å². The zero-order valence-corrected chi connectivity index (χ0v) is 10.5. The van der Waals surface area contributed by atoms with Crippen molar-refractivity contribution in [3.8, 4) is 0 Å². The van der Waals surface area contributed by atoms with Crippen LogP contribution in [-0.2, 0) is 0 Å². The van der Waals surface area contributed by atoms with Gasteiger partial charge in [-0.1, -0.05) is 6.92 Å². The van der Waals surface area contributed by atoms with Crippen molar-refractivity contribution in [3.05, 3.63) is 0 Å². The topological polar surface area (TPSA) is 26.7 Å². The molecule has 1 atom stereocenters. The Morgan fingerprint density at radius 3 is 2.06 bits per heavy atom. The van der Waals surface area contributed by atoms with Crippen LogP contribution in [0.25, 0.3) is 0 Å². The zero-order valence-electron chi connectivity index (χ0n) is 10.5. The molecule has 1 heterocycles. The highest BCUT2D eigenvalue weighted by molar-refractivity contribution is 4.80. The number of β-amino-alcohol motifs (C(OH)–C–C–N with tert-alkyl or cyclic N) is 1. The van der Waals surface area contributed by atoms with Gasteiger partial charge in [-0.2, -0.15) is 8.78 Å². The van der Waals surface area contributed by atoms with Crippen LogP contribution in [0.15, 0.2) is 0 Å². The summed E-state index contributed by atoms with van der Waals surface area (Å²) in [6.07, 6.45) is -3.39. The van der Waals surface area contributed by atoms with E-state index >= 15 is 0 Å². The fraction of sp³-hybridized carbons (Fsp3) is 1.00. The van der Waals surface area contributed by atoms with Gasteiger partial charge in [-0.25, -0.2) is 8.78 Å². The van der Waals surface area contributed by atoms with Crippen molar-refractivity contribution in [1.29, 1.82) is 0 Å². The monoisotopic (exact) mass is 272 g/mol. The van der Waals surface area contributed by atoms with Gasteiger partial charge in [0.1, 0.15) is 0 Å². The van der Waals surface area contributed by atoms with Crippen molar-refractivity contribution >= 4 is 0 Å². The van der Waals surface area contributed by atoms with Gasteiger partial charge in [0.25, 0.3) is 0 Å². The van der Waals surface area contributed by atoms with E-state index < -0.39 is 25.0 Å². The van der Waals surface area contributed by atoms with Crippen molar-refractivity contribution in [1.82, 2.24) is 9.80 Å².